The predicted octanol–water partition coefficient (Wildman–Crippen LogP) is -3.39. The minimum absolute atomic E-state index is 0.497. The Hall–Kier alpha value is -2.69. The fraction of sp³-hybridized carbons (Fsp3) is 0.545. The lowest BCUT2D eigenvalue weighted by Gasteiger charge is -2.14. The van der Waals surface area contributed by atoms with Gasteiger partial charge < -0.3 is 31.9 Å². The lowest BCUT2D eigenvalue weighted by molar-refractivity contribution is -0.139. The van der Waals surface area contributed by atoms with E-state index in [-0.39, 0.29) is 0 Å². The molecule has 22 heavy (non-hydrogen) atoms. The van der Waals surface area contributed by atoms with Gasteiger partial charge in [-0.1, -0.05) is 0 Å². The zero-order chi connectivity index (χ0) is 17.3. The van der Waals surface area contributed by atoms with Crippen molar-refractivity contribution in [1.82, 2.24) is 16.0 Å². The number of amides is 3. The third-order valence-electron chi connectivity index (χ3n) is 2.34. The van der Waals surface area contributed by atoms with E-state index >= 15 is 0 Å². The van der Waals surface area contributed by atoms with Crippen molar-refractivity contribution in [2.24, 2.45) is 5.73 Å². The summed E-state index contributed by atoms with van der Waals surface area (Å²) in [4.78, 5) is 54.8. The first-order chi connectivity index (χ1) is 10.1. The number of nitrogens with two attached hydrogens (primary N) is 1. The van der Waals surface area contributed by atoms with Crippen LogP contribution >= 0.6 is 0 Å². The second-order valence-corrected chi connectivity index (χ2v) is 4.32. The number of aliphatic carboxylic acids is 2. The Kier molecular flexibility index (Phi) is 8.15. The summed E-state index contributed by atoms with van der Waals surface area (Å²) >= 11 is 0. The van der Waals surface area contributed by atoms with Crippen molar-refractivity contribution in [3.8, 4) is 0 Å². The number of carbonyl (C=O) groups is 5. The summed E-state index contributed by atoms with van der Waals surface area (Å²) in [6.45, 7) is 0.246. The van der Waals surface area contributed by atoms with Crippen molar-refractivity contribution < 1.29 is 34.2 Å². The van der Waals surface area contributed by atoms with Gasteiger partial charge in [-0.15, -0.1) is 0 Å². The third kappa shape index (κ3) is 8.47. The molecule has 0 aliphatic heterocycles. The van der Waals surface area contributed by atoms with Crippen molar-refractivity contribution in [3.63, 3.8) is 0 Å². The Morgan fingerprint density at radius 3 is 2.00 bits per heavy atom. The molecule has 11 nitrogen and oxygen atoms in total. The predicted molar refractivity (Wildman–Crippen MR) is 71.5 cm³/mol. The van der Waals surface area contributed by atoms with Gasteiger partial charge in [0.05, 0.1) is 19.0 Å². The molecule has 124 valence electrons. The lowest BCUT2D eigenvalue weighted by atomic mass is 10.2. The van der Waals surface area contributed by atoms with Crippen LogP contribution < -0.4 is 21.7 Å². The van der Waals surface area contributed by atoms with Gasteiger partial charge in [0.2, 0.25) is 17.7 Å². The highest BCUT2D eigenvalue weighted by atomic mass is 16.4. The fourth-order valence-corrected chi connectivity index (χ4v) is 1.25. The van der Waals surface area contributed by atoms with Crippen molar-refractivity contribution in [2.75, 3.05) is 13.1 Å². The maximum atomic E-state index is 11.5. The lowest BCUT2D eigenvalue weighted by Crippen LogP contribution is -2.50. The van der Waals surface area contributed by atoms with E-state index in [1.165, 1.54) is 6.92 Å². The summed E-state index contributed by atoms with van der Waals surface area (Å²) in [5, 5.41) is 23.2. The molecule has 0 fully saturated rings. The van der Waals surface area contributed by atoms with Gasteiger partial charge in [0.25, 0.3) is 0 Å². The summed E-state index contributed by atoms with van der Waals surface area (Å²) in [6, 6.07) is -2.29. The smallest absolute Gasteiger partial charge is 0.322 e. The Morgan fingerprint density at radius 1 is 0.955 bits per heavy atom. The first-order valence-corrected chi connectivity index (χ1v) is 6.17. The van der Waals surface area contributed by atoms with Gasteiger partial charge in [0, 0.05) is 0 Å². The first kappa shape index (κ1) is 19.3. The maximum Gasteiger partial charge on any atom is 0.322 e. The Labute approximate surface area is 125 Å². The molecule has 0 radical (unpaired) electrons. The number of hydrogen-bond acceptors (Lipinski definition) is 6. The van der Waals surface area contributed by atoms with Gasteiger partial charge in [0.15, 0.2) is 0 Å². The van der Waals surface area contributed by atoms with Gasteiger partial charge in [-0.2, -0.15) is 0 Å². The van der Waals surface area contributed by atoms with Crippen molar-refractivity contribution >= 4 is 29.7 Å². The van der Waals surface area contributed by atoms with E-state index in [4.69, 9.17) is 15.9 Å². The molecule has 0 saturated heterocycles. The molecule has 0 spiro atoms. The largest absolute Gasteiger partial charge is 0.481 e. The van der Waals surface area contributed by atoms with E-state index in [1.807, 2.05) is 0 Å². The zero-order valence-electron chi connectivity index (χ0n) is 11.8. The normalized spacial score (nSPS) is 12.6. The van der Waals surface area contributed by atoms with E-state index in [2.05, 4.69) is 16.0 Å². The van der Waals surface area contributed by atoms with Crippen LogP contribution in [0.3, 0.4) is 0 Å². The standard InChI is InChI=1S/C11H18N4O7/c1-5(10(21)14-4-9(19)20)15-7(16)3-13-11(22)6(12)2-8(17)18/h5-6H,2-4,12H2,1H3,(H,13,22)(H,14,21)(H,15,16)(H,17,18)(H,19,20). The second kappa shape index (κ2) is 9.28. The molecule has 0 bridgehead atoms. The van der Waals surface area contributed by atoms with Crippen LogP contribution in [0.5, 0.6) is 0 Å². The highest BCUT2D eigenvalue weighted by molar-refractivity contribution is 5.92. The van der Waals surface area contributed by atoms with Crippen LogP contribution in [0.4, 0.5) is 0 Å². The number of carbonyl (C=O) groups excluding carboxylic acids is 3. The summed E-state index contributed by atoms with van der Waals surface area (Å²) in [7, 11) is 0. The molecule has 0 aliphatic carbocycles. The van der Waals surface area contributed by atoms with E-state index < -0.39 is 61.3 Å². The molecular weight excluding hydrogens is 300 g/mol. The maximum absolute atomic E-state index is 11.5. The van der Waals surface area contributed by atoms with Gasteiger partial charge in [-0.25, -0.2) is 0 Å². The average molecular weight is 318 g/mol. The van der Waals surface area contributed by atoms with Crippen LogP contribution in [-0.2, 0) is 24.0 Å². The minimum atomic E-state index is -1.29. The SMILES string of the molecule is CC(NC(=O)CNC(=O)C(N)CC(=O)O)C(=O)NCC(=O)O. The Balaban J connectivity index is 4.12. The van der Waals surface area contributed by atoms with E-state index in [1.54, 1.807) is 0 Å². The van der Waals surface area contributed by atoms with Crippen LogP contribution in [0.25, 0.3) is 0 Å². The fourth-order valence-electron chi connectivity index (χ4n) is 1.25. The Bertz CT molecular complexity index is 465. The van der Waals surface area contributed by atoms with Crippen LogP contribution in [0, 0.1) is 0 Å². The van der Waals surface area contributed by atoms with E-state index in [0.717, 1.165) is 0 Å². The molecule has 0 aromatic carbocycles. The highest BCUT2D eigenvalue weighted by Gasteiger charge is 2.19. The Morgan fingerprint density at radius 2 is 1.50 bits per heavy atom. The molecular formula is C11H18N4O7. The topological polar surface area (TPSA) is 188 Å². The molecule has 0 heterocycles. The number of nitrogens with one attached hydrogen (secondary N) is 3. The molecule has 0 saturated carbocycles. The van der Waals surface area contributed by atoms with Crippen molar-refractivity contribution in [3.05, 3.63) is 0 Å². The molecule has 0 rings (SSSR count). The highest BCUT2D eigenvalue weighted by Crippen LogP contribution is 1.88. The number of carboxylic acid groups (broad SMARTS) is 2. The summed E-state index contributed by atoms with van der Waals surface area (Å²) in [6.07, 6.45) is -0.582. The molecule has 7 N–H and O–H groups in total. The molecule has 2 unspecified atom stereocenters. The van der Waals surface area contributed by atoms with Crippen LogP contribution in [0.2, 0.25) is 0 Å². The van der Waals surface area contributed by atoms with Crippen LogP contribution in [0.15, 0.2) is 0 Å². The zero-order valence-corrected chi connectivity index (χ0v) is 11.8. The molecule has 0 aromatic rings. The van der Waals surface area contributed by atoms with Crippen molar-refractivity contribution in [2.45, 2.75) is 25.4 Å². The summed E-state index contributed by atoms with van der Waals surface area (Å²) < 4.78 is 0. The number of carboxylic acids is 2. The van der Waals surface area contributed by atoms with Crippen LogP contribution in [-0.4, -0.2) is 65.0 Å². The number of rotatable bonds is 9. The van der Waals surface area contributed by atoms with Crippen LogP contribution in [0.1, 0.15) is 13.3 Å². The first-order valence-electron chi connectivity index (χ1n) is 6.17. The molecule has 2 atom stereocenters. The minimum Gasteiger partial charge on any atom is -0.481 e. The van der Waals surface area contributed by atoms with Gasteiger partial charge in [-0.3, -0.25) is 24.0 Å². The van der Waals surface area contributed by atoms with Gasteiger partial charge in [0.1, 0.15) is 12.6 Å². The monoisotopic (exact) mass is 318 g/mol. The quantitative estimate of drug-likeness (QED) is 0.254. The second-order valence-electron chi connectivity index (χ2n) is 4.32. The van der Waals surface area contributed by atoms with Crippen molar-refractivity contribution in [1.29, 1.82) is 0 Å². The summed E-state index contributed by atoms with van der Waals surface area (Å²) in [5.74, 6) is -4.72. The third-order valence-corrected chi connectivity index (χ3v) is 2.34. The molecule has 11 heteroatoms. The molecule has 0 aromatic heterocycles. The average Bonchev–Trinajstić information content (AvgIpc) is 2.40. The van der Waals surface area contributed by atoms with Gasteiger partial charge >= 0.3 is 11.9 Å². The number of hydrogen-bond donors (Lipinski definition) is 6. The summed E-state index contributed by atoms with van der Waals surface area (Å²) in [5.41, 5.74) is 5.28. The molecule has 3 amide bonds. The van der Waals surface area contributed by atoms with E-state index in [9.17, 15) is 24.0 Å². The van der Waals surface area contributed by atoms with Gasteiger partial charge in [-0.05, 0) is 6.92 Å². The molecule has 0 aliphatic rings. The van der Waals surface area contributed by atoms with E-state index in [0.29, 0.717) is 0 Å².